The van der Waals surface area contributed by atoms with Crippen molar-refractivity contribution in [2.45, 2.75) is 13.8 Å². The second-order valence-electron chi connectivity index (χ2n) is 5.78. The third kappa shape index (κ3) is 6.29. The Morgan fingerprint density at radius 3 is 2.12 bits per heavy atom. The van der Waals surface area contributed by atoms with Crippen LogP contribution >= 0.6 is 23.2 Å². The summed E-state index contributed by atoms with van der Waals surface area (Å²) in [5.74, 6) is -0.432. The van der Waals surface area contributed by atoms with Crippen molar-refractivity contribution >= 4 is 52.1 Å². The highest BCUT2D eigenvalue weighted by Crippen LogP contribution is 2.22. The number of halogens is 2. The molecule has 2 aromatic rings. The van der Waals surface area contributed by atoms with Gasteiger partial charge in [0.2, 0.25) is 11.8 Å². The summed E-state index contributed by atoms with van der Waals surface area (Å²) in [7, 11) is 0. The van der Waals surface area contributed by atoms with Gasteiger partial charge < -0.3 is 16.0 Å². The van der Waals surface area contributed by atoms with Crippen LogP contribution in [0.25, 0.3) is 0 Å². The second-order valence-corrected chi connectivity index (χ2v) is 6.66. The van der Waals surface area contributed by atoms with E-state index in [0.29, 0.717) is 27.1 Å². The first-order valence-electron chi connectivity index (χ1n) is 7.74. The molecule has 0 unspecified atom stereocenters. The fourth-order valence-electron chi connectivity index (χ4n) is 2.00. The van der Waals surface area contributed by atoms with E-state index >= 15 is 0 Å². The van der Waals surface area contributed by atoms with Gasteiger partial charge in [-0.3, -0.25) is 9.59 Å². The Morgan fingerprint density at radius 2 is 1.52 bits per heavy atom. The van der Waals surface area contributed by atoms with E-state index in [2.05, 4.69) is 16.0 Å². The van der Waals surface area contributed by atoms with Crippen molar-refractivity contribution in [2.24, 2.45) is 5.92 Å². The zero-order chi connectivity index (χ0) is 18.4. The highest BCUT2D eigenvalue weighted by Gasteiger charge is 2.08. The van der Waals surface area contributed by atoms with Gasteiger partial charge >= 0.3 is 0 Å². The van der Waals surface area contributed by atoms with Crippen LogP contribution in [0.4, 0.5) is 17.1 Å². The highest BCUT2D eigenvalue weighted by molar-refractivity contribution is 6.35. The largest absolute Gasteiger partial charge is 0.376 e. The van der Waals surface area contributed by atoms with Gasteiger partial charge in [0, 0.05) is 33.0 Å². The Kier molecular flexibility index (Phi) is 6.67. The lowest BCUT2D eigenvalue weighted by atomic mass is 10.2. The van der Waals surface area contributed by atoms with Crippen LogP contribution in [0.1, 0.15) is 13.8 Å². The summed E-state index contributed by atoms with van der Waals surface area (Å²) in [6.45, 7) is 3.68. The molecular formula is C18H19Cl2N3O2. The summed E-state index contributed by atoms with van der Waals surface area (Å²) in [4.78, 5) is 23.8. The summed E-state index contributed by atoms with van der Waals surface area (Å²) in [5, 5.41) is 9.49. The van der Waals surface area contributed by atoms with Gasteiger partial charge in [-0.05, 0) is 36.4 Å². The molecule has 7 heteroatoms. The summed E-state index contributed by atoms with van der Waals surface area (Å²) >= 11 is 11.8. The number of benzene rings is 2. The first-order chi connectivity index (χ1) is 11.8. The van der Waals surface area contributed by atoms with E-state index < -0.39 is 0 Å². The molecule has 0 bridgehead atoms. The first kappa shape index (κ1) is 19.1. The molecule has 2 amide bonds. The molecule has 0 aromatic heterocycles. The van der Waals surface area contributed by atoms with Crippen molar-refractivity contribution in [3.05, 3.63) is 52.5 Å². The molecule has 0 atom stereocenters. The van der Waals surface area contributed by atoms with Crippen molar-refractivity contribution < 1.29 is 9.59 Å². The van der Waals surface area contributed by atoms with Crippen LogP contribution in [-0.2, 0) is 9.59 Å². The third-order valence-electron chi connectivity index (χ3n) is 3.25. The topological polar surface area (TPSA) is 70.2 Å². The van der Waals surface area contributed by atoms with E-state index in [1.807, 2.05) is 13.8 Å². The monoisotopic (exact) mass is 379 g/mol. The molecule has 0 aliphatic rings. The second kappa shape index (κ2) is 8.74. The molecule has 0 fully saturated rings. The smallest absolute Gasteiger partial charge is 0.243 e. The standard InChI is InChI=1S/C18H19Cl2N3O2/c1-11(2)18(25)23-15-5-3-4-14(9-15)22-17(24)10-21-16-7-12(19)6-13(20)8-16/h3-9,11,21H,10H2,1-2H3,(H,22,24)(H,23,25). The minimum Gasteiger partial charge on any atom is -0.376 e. The number of anilines is 3. The number of hydrogen-bond acceptors (Lipinski definition) is 3. The number of carbonyl (C=O) groups is 2. The van der Waals surface area contributed by atoms with E-state index in [0.717, 1.165) is 0 Å². The fraction of sp³-hybridized carbons (Fsp3) is 0.222. The van der Waals surface area contributed by atoms with Crippen molar-refractivity contribution in [1.82, 2.24) is 0 Å². The molecule has 0 heterocycles. The normalized spacial score (nSPS) is 10.4. The van der Waals surface area contributed by atoms with Gasteiger partial charge in [0.1, 0.15) is 0 Å². The van der Waals surface area contributed by atoms with E-state index in [-0.39, 0.29) is 24.3 Å². The predicted octanol–water partition coefficient (Wildman–Crippen LogP) is 4.64. The maximum atomic E-state index is 12.1. The molecule has 25 heavy (non-hydrogen) atoms. The first-order valence-corrected chi connectivity index (χ1v) is 8.50. The van der Waals surface area contributed by atoms with Crippen molar-refractivity contribution in [2.75, 3.05) is 22.5 Å². The zero-order valence-corrected chi connectivity index (χ0v) is 15.4. The molecule has 0 saturated heterocycles. The number of nitrogens with one attached hydrogen (secondary N) is 3. The van der Waals surface area contributed by atoms with E-state index in [9.17, 15) is 9.59 Å². The van der Waals surface area contributed by atoms with Gasteiger partial charge in [-0.25, -0.2) is 0 Å². The summed E-state index contributed by atoms with van der Waals surface area (Å²) < 4.78 is 0. The van der Waals surface area contributed by atoms with Gasteiger partial charge in [0.15, 0.2) is 0 Å². The van der Waals surface area contributed by atoms with Gasteiger partial charge in [-0.1, -0.05) is 43.1 Å². The van der Waals surface area contributed by atoms with Crippen molar-refractivity contribution in [1.29, 1.82) is 0 Å². The van der Waals surface area contributed by atoms with Crippen LogP contribution in [0.5, 0.6) is 0 Å². The van der Waals surface area contributed by atoms with Crippen LogP contribution < -0.4 is 16.0 Å². The Hall–Kier alpha value is -2.24. The number of carbonyl (C=O) groups excluding carboxylic acids is 2. The quantitative estimate of drug-likeness (QED) is 0.684. The van der Waals surface area contributed by atoms with Crippen molar-refractivity contribution in [3.63, 3.8) is 0 Å². The Morgan fingerprint density at radius 1 is 0.920 bits per heavy atom. The highest BCUT2D eigenvalue weighted by atomic mass is 35.5. The van der Waals surface area contributed by atoms with E-state index in [4.69, 9.17) is 23.2 Å². The van der Waals surface area contributed by atoms with Crippen LogP contribution in [0.3, 0.4) is 0 Å². The Balaban J connectivity index is 1.93. The van der Waals surface area contributed by atoms with Gasteiger partial charge in [-0.15, -0.1) is 0 Å². The fourth-order valence-corrected chi connectivity index (χ4v) is 2.53. The van der Waals surface area contributed by atoms with Crippen LogP contribution in [0.2, 0.25) is 10.0 Å². The Labute approximate surface area is 156 Å². The average molecular weight is 380 g/mol. The lowest BCUT2D eigenvalue weighted by Crippen LogP contribution is -2.22. The molecule has 2 rings (SSSR count). The predicted molar refractivity (Wildman–Crippen MR) is 103 cm³/mol. The SMILES string of the molecule is CC(C)C(=O)Nc1cccc(NC(=O)CNc2cc(Cl)cc(Cl)c2)c1. The minimum absolute atomic E-state index is 0.0548. The lowest BCUT2D eigenvalue weighted by Gasteiger charge is -2.11. The van der Waals surface area contributed by atoms with Crippen LogP contribution in [0.15, 0.2) is 42.5 Å². The molecule has 0 aliphatic carbocycles. The van der Waals surface area contributed by atoms with Crippen LogP contribution in [-0.4, -0.2) is 18.4 Å². The average Bonchev–Trinajstić information content (AvgIpc) is 2.52. The number of hydrogen-bond donors (Lipinski definition) is 3. The molecule has 5 nitrogen and oxygen atoms in total. The van der Waals surface area contributed by atoms with E-state index in [1.165, 1.54) is 0 Å². The lowest BCUT2D eigenvalue weighted by molar-refractivity contribution is -0.119. The molecule has 2 aromatic carbocycles. The zero-order valence-electron chi connectivity index (χ0n) is 13.9. The third-order valence-corrected chi connectivity index (χ3v) is 3.69. The summed E-state index contributed by atoms with van der Waals surface area (Å²) in [6.07, 6.45) is 0. The molecule has 0 aliphatic heterocycles. The Bertz CT molecular complexity index is 758. The van der Waals surface area contributed by atoms with Gasteiger partial charge in [0.05, 0.1) is 6.54 Å². The molecule has 0 spiro atoms. The molecule has 132 valence electrons. The molecule has 0 saturated carbocycles. The molecule has 0 radical (unpaired) electrons. The number of rotatable bonds is 6. The van der Waals surface area contributed by atoms with E-state index in [1.54, 1.807) is 42.5 Å². The minimum atomic E-state index is -0.233. The van der Waals surface area contributed by atoms with Crippen molar-refractivity contribution in [3.8, 4) is 0 Å². The number of amides is 2. The summed E-state index contributed by atoms with van der Waals surface area (Å²) in [6, 6.07) is 12.0. The van der Waals surface area contributed by atoms with Crippen LogP contribution in [0, 0.1) is 5.92 Å². The maximum absolute atomic E-state index is 12.1. The van der Waals surface area contributed by atoms with Gasteiger partial charge in [-0.2, -0.15) is 0 Å². The molecular weight excluding hydrogens is 361 g/mol. The molecule has 3 N–H and O–H groups in total. The summed E-state index contributed by atoms with van der Waals surface area (Å²) in [5.41, 5.74) is 1.88. The van der Waals surface area contributed by atoms with Gasteiger partial charge in [0.25, 0.3) is 0 Å². The maximum Gasteiger partial charge on any atom is 0.243 e.